The first-order valence-corrected chi connectivity index (χ1v) is 7.75. The number of aryl methyl sites for hydroxylation is 1. The molecule has 1 saturated carbocycles. The number of rotatable bonds is 5. The van der Waals surface area contributed by atoms with Gasteiger partial charge in [-0.1, -0.05) is 12.1 Å². The molecule has 1 aromatic heterocycles. The zero-order valence-electron chi connectivity index (χ0n) is 13.3. The number of carbonyl (C=O) groups is 2. The average Bonchev–Trinajstić information content (AvgIpc) is 3.40. The van der Waals surface area contributed by atoms with Gasteiger partial charge in [0.15, 0.2) is 0 Å². The first-order valence-electron chi connectivity index (χ1n) is 7.75. The number of benzene rings is 1. The standard InChI is InChI=1S/C17H18N4O3/c1-21-15(22)8-7-14(20-21)17(24)18-10-11-3-2-4-13(9-11)19-16(23)12-5-6-12/h2-4,7-9,12H,5-6,10H2,1H3,(H,18,24)(H,19,23). The second-order valence-electron chi connectivity index (χ2n) is 5.83. The molecule has 2 amide bonds. The van der Waals surface area contributed by atoms with Crippen LogP contribution in [0.2, 0.25) is 0 Å². The lowest BCUT2D eigenvalue weighted by Crippen LogP contribution is -2.28. The Labute approximate surface area is 138 Å². The van der Waals surface area contributed by atoms with Crippen molar-refractivity contribution in [2.45, 2.75) is 19.4 Å². The molecule has 1 aliphatic rings. The van der Waals surface area contributed by atoms with Crippen molar-refractivity contribution in [3.63, 3.8) is 0 Å². The third-order valence-corrected chi connectivity index (χ3v) is 3.79. The van der Waals surface area contributed by atoms with Crippen molar-refractivity contribution < 1.29 is 9.59 Å². The first-order chi connectivity index (χ1) is 11.5. The minimum atomic E-state index is -0.363. The Morgan fingerprint density at radius 2 is 2.04 bits per heavy atom. The largest absolute Gasteiger partial charge is 0.347 e. The topological polar surface area (TPSA) is 93.1 Å². The Morgan fingerprint density at radius 3 is 2.75 bits per heavy atom. The molecule has 2 N–H and O–H groups in total. The highest BCUT2D eigenvalue weighted by Gasteiger charge is 2.29. The normalized spacial score (nSPS) is 13.4. The zero-order chi connectivity index (χ0) is 17.1. The van der Waals surface area contributed by atoms with E-state index in [2.05, 4.69) is 15.7 Å². The highest BCUT2D eigenvalue weighted by molar-refractivity contribution is 5.94. The van der Waals surface area contributed by atoms with Gasteiger partial charge in [-0.25, -0.2) is 4.68 Å². The second-order valence-corrected chi connectivity index (χ2v) is 5.83. The molecule has 0 spiro atoms. The van der Waals surface area contributed by atoms with Gasteiger partial charge in [0.05, 0.1) is 0 Å². The number of carbonyl (C=O) groups excluding carboxylic acids is 2. The zero-order valence-corrected chi connectivity index (χ0v) is 13.3. The van der Waals surface area contributed by atoms with Crippen molar-refractivity contribution in [2.24, 2.45) is 13.0 Å². The van der Waals surface area contributed by atoms with Crippen molar-refractivity contribution in [3.05, 3.63) is 58.0 Å². The number of hydrogen-bond donors (Lipinski definition) is 2. The van der Waals surface area contributed by atoms with E-state index in [4.69, 9.17) is 0 Å². The lowest BCUT2D eigenvalue weighted by Gasteiger charge is -2.08. The van der Waals surface area contributed by atoms with Crippen molar-refractivity contribution in [3.8, 4) is 0 Å². The van der Waals surface area contributed by atoms with E-state index in [1.807, 2.05) is 24.3 Å². The molecule has 7 heteroatoms. The van der Waals surface area contributed by atoms with Crippen LogP contribution < -0.4 is 16.2 Å². The van der Waals surface area contributed by atoms with Crippen LogP contribution in [0.5, 0.6) is 0 Å². The van der Waals surface area contributed by atoms with Gasteiger partial charge in [-0.05, 0) is 36.6 Å². The smallest absolute Gasteiger partial charge is 0.271 e. The molecule has 0 saturated heterocycles. The van der Waals surface area contributed by atoms with Crippen LogP contribution in [0.1, 0.15) is 28.9 Å². The van der Waals surface area contributed by atoms with Gasteiger partial charge >= 0.3 is 0 Å². The Balaban J connectivity index is 1.61. The summed E-state index contributed by atoms with van der Waals surface area (Å²) in [4.78, 5) is 35.1. The van der Waals surface area contributed by atoms with Gasteiger partial charge < -0.3 is 10.6 Å². The van der Waals surface area contributed by atoms with E-state index in [0.717, 1.165) is 28.8 Å². The van der Waals surface area contributed by atoms with Gasteiger partial charge in [0.25, 0.3) is 11.5 Å². The number of amides is 2. The van der Waals surface area contributed by atoms with Crippen LogP contribution in [0.15, 0.2) is 41.2 Å². The van der Waals surface area contributed by atoms with Gasteiger partial charge in [-0.2, -0.15) is 5.10 Å². The van der Waals surface area contributed by atoms with Crippen molar-refractivity contribution in [1.82, 2.24) is 15.1 Å². The van der Waals surface area contributed by atoms with Crippen LogP contribution >= 0.6 is 0 Å². The van der Waals surface area contributed by atoms with Crippen LogP contribution in [0.4, 0.5) is 5.69 Å². The highest BCUT2D eigenvalue weighted by Crippen LogP contribution is 2.30. The van der Waals surface area contributed by atoms with Crippen LogP contribution in [-0.4, -0.2) is 21.6 Å². The van der Waals surface area contributed by atoms with Crippen LogP contribution in [0, 0.1) is 5.92 Å². The fraction of sp³-hybridized carbons (Fsp3) is 0.294. The molecular weight excluding hydrogens is 308 g/mol. The summed E-state index contributed by atoms with van der Waals surface area (Å²) < 4.78 is 1.11. The Kier molecular flexibility index (Phi) is 4.41. The van der Waals surface area contributed by atoms with Crippen molar-refractivity contribution in [1.29, 1.82) is 0 Å². The summed E-state index contributed by atoms with van der Waals surface area (Å²) in [5.41, 5.74) is 1.49. The van der Waals surface area contributed by atoms with Gasteiger partial charge in [0.1, 0.15) is 5.69 Å². The maximum Gasteiger partial charge on any atom is 0.271 e. The molecule has 1 fully saturated rings. The minimum Gasteiger partial charge on any atom is -0.347 e. The lowest BCUT2D eigenvalue weighted by molar-refractivity contribution is -0.117. The molecule has 0 bridgehead atoms. The summed E-state index contributed by atoms with van der Waals surface area (Å²) in [6.45, 7) is 0.302. The third kappa shape index (κ3) is 3.87. The van der Waals surface area contributed by atoms with Crippen LogP contribution in [-0.2, 0) is 18.4 Å². The van der Waals surface area contributed by atoms with Crippen LogP contribution in [0.25, 0.3) is 0 Å². The fourth-order valence-corrected chi connectivity index (χ4v) is 2.25. The van der Waals surface area contributed by atoms with E-state index in [1.54, 1.807) is 0 Å². The summed E-state index contributed by atoms with van der Waals surface area (Å²) in [6.07, 6.45) is 1.91. The number of nitrogens with one attached hydrogen (secondary N) is 2. The summed E-state index contributed by atoms with van der Waals surface area (Å²) in [6, 6.07) is 10.0. The third-order valence-electron chi connectivity index (χ3n) is 3.79. The Morgan fingerprint density at radius 1 is 1.25 bits per heavy atom. The highest BCUT2D eigenvalue weighted by atomic mass is 16.2. The molecule has 0 unspecified atom stereocenters. The number of anilines is 1. The predicted molar refractivity (Wildman–Crippen MR) is 88.4 cm³/mol. The first kappa shape index (κ1) is 15.9. The minimum absolute atomic E-state index is 0.0468. The number of nitrogens with zero attached hydrogens (tertiary/aromatic N) is 2. The molecule has 1 aromatic carbocycles. The van der Waals surface area contributed by atoms with Gasteiger partial charge in [-0.3, -0.25) is 14.4 Å². The molecule has 0 aliphatic heterocycles. The molecule has 0 atom stereocenters. The SMILES string of the molecule is Cn1nc(C(=O)NCc2cccc(NC(=O)C3CC3)c2)ccc1=O. The van der Waals surface area contributed by atoms with E-state index >= 15 is 0 Å². The molecule has 24 heavy (non-hydrogen) atoms. The number of aromatic nitrogens is 2. The molecule has 124 valence electrons. The molecule has 2 aromatic rings. The molecule has 0 radical (unpaired) electrons. The molecule has 7 nitrogen and oxygen atoms in total. The quantitative estimate of drug-likeness (QED) is 0.859. The second kappa shape index (κ2) is 6.66. The van der Waals surface area contributed by atoms with E-state index in [-0.39, 0.29) is 29.0 Å². The maximum absolute atomic E-state index is 12.1. The van der Waals surface area contributed by atoms with Gasteiger partial charge in [0.2, 0.25) is 5.91 Å². The number of hydrogen-bond acceptors (Lipinski definition) is 4. The Hall–Kier alpha value is -2.96. The molecule has 3 rings (SSSR count). The monoisotopic (exact) mass is 326 g/mol. The van der Waals surface area contributed by atoms with Crippen LogP contribution in [0.3, 0.4) is 0 Å². The van der Waals surface area contributed by atoms with E-state index in [0.29, 0.717) is 6.54 Å². The molecule has 1 heterocycles. The van der Waals surface area contributed by atoms with Crippen molar-refractivity contribution >= 4 is 17.5 Å². The molecule has 1 aliphatic carbocycles. The summed E-state index contributed by atoms with van der Waals surface area (Å²) in [7, 11) is 1.49. The van der Waals surface area contributed by atoms with Gasteiger partial charge in [-0.15, -0.1) is 0 Å². The summed E-state index contributed by atoms with van der Waals surface area (Å²) >= 11 is 0. The summed E-state index contributed by atoms with van der Waals surface area (Å²) in [5, 5.41) is 9.53. The van der Waals surface area contributed by atoms with E-state index in [1.165, 1.54) is 19.2 Å². The Bertz CT molecular complexity index is 840. The fourth-order valence-electron chi connectivity index (χ4n) is 2.25. The van der Waals surface area contributed by atoms with E-state index in [9.17, 15) is 14.4 Å². The van der Waals surface area contributed by atoms with Crippen molar-refractivity contribution in [2.75, 3.05) is 5.32 Å². The average molecular weight is 326 g/mol. The van der Waals surface area contributed by atoms with Gasteiger partial charge in [0, 0.05) is 31.3 Å². The summed E-state index contributed by atoms with van der Waals surface area (Å²) in [5.74, 6) is -0.173. The maximum atomic E-state index is 12.1. The molecular formula is C17H18N4O3. The predicted octanol–water partition coefficient (Wildman–Crippen LogP) is 1.06. The van der Waals surface area contributed by atoms with E-state index < -0.39 is 0 Å². The lowest BCUT2D eigenvalue weighted by atomic mass is 10.2.